The van der Waals surface area contributed by atoms with E-state index in [2.05, 4.69) is 0 Å². The summed E-state index contributed by atoms with van der Waals surface area (Å²) < 4.78 is 5.05. The summed E-state index contributed by atoms with van der Waals surface area (Å²) in [4.78, 5) is 24.4. The van der Waals surface area contributed by atoms with Gasteiger partial charge >= 0.3 is 12.1 Å². The Morgan fingerprint density at radius 1 is 1.44 bits per heavy atom. The molecule has 0 radical (unpaired) electrons. The molecule has 1 N–H and O–H groups in total. The second-order valence-electron chi connectivity index (χ2n) is 4.17. The minimum Gasteiger partial charge on any atom is -0.481 e. The first-order valence-electron chi connectivity index (χ1n) is 5.91. The van der Waals surface area contributed by atoms with Gasteiger partial charge in [-0.05, 0) is 18.1 Å². The number of hydrogen-bond acceptors (Lipinski definition) is 3. The Hall–Kier alpha value is -2.04. The fourth-order valence-electron chi connectivity index (χ4n) is 2.06. The van der Waals surface area contributed by atoms with Crippen LogP contribution < -0.4 is 4.90 Å². The lowest BCUT2D eigenvalue weighted by Gasteiger charge is -2.16. The Balaban J connectivity index is 2.25. The van der Waals surface area contributed by atoms with Crippen molar-refractivity contribution in [3.63, 3.8) is 0 Å². The van der Waals surface area contributed by atoms with E-state index in [4.69, 9.17) is 9.84 Å². The maximum absolute atomic E-state index is 11.8. The summed E-state index contributed by atoms with van der Waals surface area (Å²) in [5.41, 5.74) is 1.30. The fourth-order valence-corrected chi connectivity index (χ4v) is 2.06. The topological polar surface area (TPSA) is 66.8 Å². The first-order chi connectivity index (χ1) is 8.65. The van der Waals surface area contributed by atoms with Crippen molar-refractivity contribution in [2.24, 2.45) is 0 Å². The van der Waals surface area contributed by atoms with Crippen LogP contribution in [0.25, 0.3) is 0 Å². The van der Waals surface area contributed by atoms with Crippen molar-refractivity contribution < 1.29 is 19.4 Å². The van der Waals surface area contributed by atoms with E-state index < -0.39 is 18.0 Å². The molecule has 0 aliphatic carbocycles. The maximum atomic E-state index is 11.8. The van der Waals surface area contributed by atoms with Crippen LogP contribution in [0.4, 0.5) is 10.5 Å². The normalized spacial score (nSPS) is 17.4. The first-order valence-corrected chi connectivity index (χ1v) is 5.91. The highest BCUT2D eigenvalue weighted by molar-refractivity contribution is 5.95. The Morgan fingerprint density at radius 3 is 2.83 bits per heavy atom. The van der Waals surface area contributed by atoms with Crippen LogP contribution >= 0.6 is 0 Å². The van der Waals surface area contributed by atoms with Crippen molar-refractivity contribution in [3.8, 4) is 0 Å². The van der Waals surface area contributed by atoms with Crippen LogP contribution in [0.5, 0.6) is 0 Å². The number of fused-ring (bicyclic) bond motifs is 1. The molecule has 1 unspecified atom stereocenters. The van der Waals surface area contributed by atoms with Gasteiger partial charge in [0.05, 0.1) is 12.3 Å². The SMILES string of the molecule is CCCOC(=O)N1CC(C(=O)O)c2ccccc21. The number of amides is 1. The molecule has 0 fully saturated rings. The molecular weight excluding hydrogens is 234 g/mol. The number of aliphatic carboxylic acids is 1. The third kappa shape index (κ3) is 2.16. The molecule has 1 atom stereocenters. The minimum atomic E-state index is -0.923. The van der Waals surface area contributed by atoms with Gasteiger partial charge in [-0.2, -0.15) is 0 Å². The predicted octanol–water partition coefficient (Wildman–Crippen LogP) is 2.22. The van der Waals surface area contributed by atoms with E-state index >= 15 is 0 Å². The minimum absolute atomic E-state index is 0.136. The van der Waals surface area contributed by atoms with Crippen LogP contribution in [0.1, 0.15) is 24.8 Å². The molecule has 5 heteroatoms. The lowest BCUT2D eigenvalue weighted by Crippen LogP contribution is -2.31. The second kappa shape index (κ2) is 5.08. The monoisotopic (exact) mass is 249 g/mol. The molecule has 0 aromatic heterocycles. The van der Waals surface area contributed by atoms with Gasteiger partial charge in [-0.3, -0.25) is 9.69 Å². The number of carboxylic acid groups (broad SMARTS) is 1. The van der Waals surface area contributed by atoms with Gasteiger partial charge in [0.15, 0.2) is 0 Å². The highest BCUT2D eigenvalue weighted by Gasteiger charge is 2.36. The number of hydrogen-bond donors (Lipinski definition) is 1. The molecule has 0 saturated heterocycles. The molecule has 0 bridgehead atoms. The molecule has 1 aliphatic heterocycles. The van der Waals surface area contributed by atoms with E-state index in [0.29, 0.717) is 17.9 Å². The summed E-state index contributed by atoms with van der Waals surface area (Å²) in [5.74, 6) is -1.59. The largest absolute Gasteiger partial charge is 0.481 e. The number of anilines is 1. The van der Waals surface area contributed by atoms with Crippen LogP contribution in [0.3, 0.4) is 0 Å². The standard InChI is InChI=1S/C13H15NO4/c1-2-7-18-13(17)14-8-10(12(15)16)9-5-3-4-6-11(9)14/h3-6,10H,2,7-8H2,1H3,(H,15,16). The van der Waals surface area contributed by atoms with Crippen molar-refractivity contribution >= 4 is 17.7 Å². The van der Waals surface area contributed by atoms with Gasteiger partial charge in [0.2, 0.25) is 0 Å². The van der Waals surface area contributed by atoms with E-state index in [1.54, 1.807) is 24.3 Å². The molecule has 5 nitrogen and oxygen atoms in total. The number of ether oxygens (including phenoxy) is 1. The van der Waals surface area contributed by atoms with Crippen molar-refractivity contribution in [3.05, 3.63) is 29.8 Å². The summed E-state index contributed by atoms with van der Waals surface area (Å²) in [7, 11) is 0. The maximum Gasteiger partial charge on any atom is 0.414 e. The molecule has 1 heterocycles. The van der Waals surface area contributed by atoms with Gasteiger partial charge in [-0.1, -0.05) is 25.1 Å². The molecule has 18 heavy (non-hydrogen) atoms. The number of rotatable bonds is 3. The van der Waals surface area contributed by atoms with Gasteiger partial charge in [0, 0.05) is 6.54 Å². The Labute approximate surface area is 105 Å². The molecule has 1 aliphatic rings. The summed E-state index contributed by atoms with van der Waals surface area (Å²) in [6, 6.07) is 7.03. The number of benzene rings is 1. The zero-order valence-electron chi connectivity index (χ0n) is 10.1. The van der Waals surface area contributed by atoms with Gasteiger partial charge in [-0.15, -0.1) is 0 Å². The predicted molar refractivity (Wildman–Crippen MR) is 65.8 cm³/mol. The summed E-state index contributed by atoms with van der Waals surface area (Å²) in [5, 5.41) is 9.16. The van der Waals surface area contributed by atoms with Crippen LogP contribution in [-0.2, 0) is 9.53 Å². The van der Waals surface area contributed by atoms with Gasteiger partial charge in [0.25, 0.3) is 0 Å². The Kier molecular flexibility index (Phi) is 3.50. The number of carboxylic acids is 1. The molecule has 96 valence electrons. The van der Waals surface area contributed by atoms with Crippen LogP contribution in [-0.4, -0.2) is 30.3 Å². The Morgan fingerprint density at radius 2 is 2.17 bits per heavy atom. The van der Waals surface area contributed by atoms with Gasteiger partial charge in [-0.25, -0.2) is 4.79 Å². The molecule has 1 amide bonds. The third-order valence-corrected chi connectivity index (χ3v) is 2.92. The van der Waals surface area contributed by atoms with Crippen molar-refractivity contribution in [1.29, 1.82) is 0 Å². The van der Waals surface area contributed by atoms with Crippen molar-refractivity contribution in [2.75, 3.05) is 18.1 Å². The van der Waals surface area contributed by atoms with Crippen LogP contribution in [0, 0.1) is 0 Å². The van der Waals surface area contributed by atoms with Crippen molar-refractivity contribution in [1.82, 2.24) is 0 Å². The van der Waals surface area contributed by atoms with Crippen LogP contribution in [0.15, 0.2) is 24.3 Å². The lowest BCUT2D eigenvalue weighted by atomic mass is 10.0. The van der Waals surface area contributed by atoms with E-state index in [9.17, 15) is 9.59 Å². The van der Waals surface area contributed by atoms with E-state index in [1.807, 2.05) is 6.92 Å². The summed E-state index contributed by atoms with van der Waals surface area (Å²) in [6.45, 7) is 2.39. The van der Waals surface area contributed by atoms with Crippen LogP contribution in [0.2, 0.25) is 0 Å². The zero-order chi connectivity index (χ0) is 13.1. The fraction of sp³-hybridized carbons (Fsp3) is 0.385. The third-order valence-electron chi connectivity index (χ3n) is 2.92. The van der Waals surface area contributed by atoms with Crippen molar-refractivity contribution in [2.45, 2.75) is 19.3 Å². The molecule has 0 saturated carbocycles. The number of carbonyl (C=O) groups is 2. The summed E-state index contributed by atoms with van der Waals surface area (Å²) >= 11 is 0. The first kappa shape index (κ1) is 12.4. The second-order valence-corrected chi connectivity index (χ2v) is 4.17. The van der Waals surface area contributed by atoms with Gasteiger partial charge in [0.1, 0.15) is 5.92 Å². The summed E-state index contributed by atoms with van der Waals surface area (Å²) in [6.07, 6.45) is 0.261. The zero-order valence-corrected chi connectivity index (χ0v) is 10.1. The molecule has 1 aromatic carbocycles. The molecular formula is C13H15NO4. The molecule has 2 rings (SSSR count). The highest BCUT2D eigenvalue weighted by atomic mass is 16.6. The van der Waals surface area contributed by atoms with E-state index in [-0.39, 0.29) is 6.54 Å². The number of nitrogens with zero attached hydrogens (tertiary/aromatic N) is 1. The van der Waals surface area contributed by atoms with Gasteiger partial charge < -0.3 is 9.84 Å². The molecule has 1 aromatic rings. The average molecular weight is 249 g/mol. The number of para-hydroxylation sites is 1. The van der Waals surface area contributed by atoms with E-state index in [0.717, 1.165) is 6.42 Å². The Bertz CT molecular complexity index is 472. The molecule has 0 spiro atoms. The number of carbonyl (C=O) groups excluding carboxylic acids is 1. The quantitative estimate of drug-likeness (QED) is 0.891. The van der Waals surface area contributed by atoms with E-state index in [1.165, 1.54) is 4.90 Å². The smallest absolute Gasteiger partial charge is 0.414 e. The highest BCUT2D eigenvalue weighted by Crippen LogP contribution is 2.36. The lowest BCUT2D eigenvalue weighted by molar-refractivity contribution is -0.138. The average Bonchev–Trinajstić information content (AvgIpc) is 2.75.